The molecule has 8 heteroatoms. The summed E-state index contributed by atoms with van der Waals surface area (Å²) >= 11 is 0. The zero-order valence-corrected chi connectivity index (χ0v) is 17.0. The van der Waals surface area contributed by atoms with Gasteiger partial charge in [0.2, 0.25) is 10.0 Å². The fourth-order valence-electron chi connectivity index (χ4n) is 2.78. The van der Waals surface area contributed by atoms with Crippen molar-refractivity contribution < 1.29 is 17.6 Å². The van der Waals surface area contributed by atoms with Gasteiger partial charge >= 0.3 is 0 Å². The molecule has 1 heterocycles. The average Bonchev–Trinajstić information content (AvgIpc) is 3.11. The van der Waals surface area contributed by atoms with Crippen LogP contribution in [0, 0.1) is 5.41 Å². The predicted molar refractivity (Wildman–Crippen MR) is 104 cm³/mol. The third kappa shape index (κ3) is 6.50. The van der Waals surface area contributed by atoms with Crippen molar-refractivity contribution in [1.29, 1.82) is 0 Å². The molecular formula is C19H27N3O4S. The molecule has 1 aromatic heterocycles. The van der Waals surface area contributed by atoms with E-state index in [-0.39, 0.29) is 22.8 Å². The fourth-order valence-corrected chi connectivity index (χ4v) is 3.78. The fraction of sp³-hybridized carbons (Fsp3) is 0.421. The first-order valence-corrected chi connectivity index (χ1v) is 10.1. The molecule has 0 aliphatic carbocycles. The average molecular weight is 394 g/mol. The number of nitrogens with one attached hydrogen (secondary N) is 2. The van der Waals surface area contributed by atoms with Gasteiger partial charge in [-0.1, -0.05) is 13.8 Å². The Balaban J connectivity index is 1.96. The molecule has 0 spiro atoms. The molecule has 1 aromatic carbocycles. The molecule has 0 fully saturated rings. The van der Waals surface area contributed by atoms with E-state index in [4.69, 9.17) is 4.42 Å². The number of benzene rings is 1. The molecule has 7 nitrogen and oxygen atoms in total. The zero-order valence-electron chi connectivity index (χ0n) is 16.2. The number of furan rings is 1. The number of sulfonamides is 1. The molecule has 1 amide bonds. The first-order valence-electron chi connectivity index (χ1n) is 8.64. The number of carbonyl (C=O) groups is 1. The minimum absolute atomic E-state index is 0.0680. The minimum atomic E-state index is -3.68. The molecule has 0 atom stereocenters. The van der Waals surface area contributed by atoms with Crippen molar-refractivity contribution in [2.45, 2.75) is 25.3 Å². The highest BCUT2D eigenvalue weighted by molar-refractivity contribution is 7.89. The lowest BCUT2D eigenvalue weighted by Gasteiger charge is -2.28. The second-order valence-electron chi connectivity index (χ2n) is 7.51. The molecular weight excluding hydrogens is 366 g/mol. The van der Waals surface area contributed by atoms with Gasteiger partial charge in [0.15, 0.2) is 0 Å². The molecule has 2 aromatic rings. The molecule has 2 rings (SSSR count). The molecule has 0 unspecified atom stereocenters. The van der Waals surface area contributed by atoms with E-state index in [1.165, 1.54) is 30.5 Å². The number of amides is 1. The number of rotatable bonds is 9. The summed E-state index contributed by atoms with van der Waals surface area (Å²) in [4.78, 5) is 14.5. The lowest BCUT2D eigenvalue weighted by atomic mass is 9.93. The van der Waals surface area contributed by atoms with Crippen LogP contribution in [0.15, 0.2) is 52.0 Å². The molecule has 0 aliphatic heterocycles. The smallest absolute Gasteiger partial charge is 0.251 e. The molecule has 0 aliphatic rings. The Morgan fingerprint density at radius 1 is 1.15 bits per heavy atom. The molecule has 0 saturated heterocycles. The van der Waals surface area contributed by atoms with Gasteiger partial charge in [-0.05, 0) is 55.9 Å². The van der Waals surface area contributed by atoms with Gasteiger partial charge in [-0.2, -0.15) is 0 Å². The first kappa shape index (κ1) is 21.1. The highest BCUT2D eigenvalue weighted by atomic mass is 32.2. The van der Waals surface area contributed by atoms with Crippen LogP contribution in [0.3, 0.4) is 0 Å². The van der Waals surface area contributed by atoms with Gasteiger partial charge in [-0.3, -0.25) is 4.79 Å². The van der Waals surface area contributed by atoms with Crippen molar-refractivity contribution in [3.05, 3.63) is 54.0 Å². The highest BCUT2D eigenvalue weighted by Crippen LogP contribution is 2.15. The van der Waals surface area contributed by atoms with Gasteiger partial charge in [-0.25, -0.2) is 13.1 Å². The van der Waals surface area contributed by atoms with Crippen LogP contribution in [-0.2, 0) is 16.6 Å². The summed E-state index contributed by atoms with van der Waals surface area (Å²) in [5.41, 5.74) is 0.346. The Labute approximate surface area is 160 Å². The van der Waals surface area contributed by atoms with Gasteiger partial charge in [-0.15, -0.1) is 0 Å². The van der Waals surface area contributed by atoms with Crippen molar-refractivity contribution in [2.75, 3.05) is 27.2 Å². The first-order chi connectivity index (χ1) is 12.6. The maximum absolute atomic E-state index is 12.3. The molecule has 0 radical (unpaired) electrons. The van der Waals surface area contributed by atoms with Crippen molar-refractivity contribution in [3.63, 3.8) is 0 Å². The number of nitrogens with zero attached hydrogens (tertiary/aromatic N) is 1. The molecule has 0 bridgehead atoms. The van der Waals surface area contributed by atoms with Crippen molar-refractivity contribution in [2.24, 2.45) is 5.41 Å². The van der Waals surface area contributed by atoms with Crippen LogP contribution in [-0.4, -0.2) is 46.4 Å². The lowest BCUT2D eigenvalue weighted by Crippen LogP contribution is -2.39. The van der Waals surface area contributed by atoms with E-state index < -0.39 is 10.0 Å². The summed E-state index contributed by atoms with van der Waals surface area (Å²) in [5.74, 6) is 0.296. The molecule has 27 heavy (non-hydrogen) atoms. The van der Waals surface area contributed by atoms with Gasteiger partial charge in [0.1, 0.15) is 5.76 Å². The molecule has 0 saturated carbocycles. The summed E-state index contributed by atoms with van der Waals surface area (Å²) in [7, 11) is 0.302. The monoisotopic (exact) mass is 393 g/mol. The Morgan fingerprint density at radius 3 is 2.37 bits per heavy atom. The minimum Gasteiger partial charge on any atom is -0.468 e. The summed E-state index contributed by atoms with van der Waals surface area (Å²) in [6.45, 7) is 5.58. The van der Waals surface area contributed by atoms with Crippen LogP contribution in [0.25, 0.3) is 0 Å². The second-order valence-corrected chi connectivity index (χ2v) is 9.28. The number of hydrogen-bond acceptors (Lipinski definition) is 5. The summed E-state index contributed by atoms with van der Waals surface area (Å²) in [6.07, 6.45) is 1.48. The number of carbonyl (C=O) groups excluding carboxylic acids is 1. The molecule has 148 valence electrons. The van der Waals surface area contributed by atoms with Crippen LogP contribution >= 0.6 is 0 Å². The Bertz CT molecular complexity index is 842. The van der Waals surface area contributed by atoms with E-state index in [0.717, 1.165) is 6.54 Å². The van der Waals surface area contributed by atoms with Crippen molar-refractivity contribution in [1.82, 2.24) is 14.9 Å². The third-order valence-corrected chi connectivity index (χ3v) is 5.33. The van der Waals surface area contributed by atoms with Gasteiger partial charge < -0.3 is 14.6 Å². The maximum atomic E-state index is 12.3. The van der Waals surface area contributed by atoms with E-state index in [0.29, 0.717) is 17.9 Å². The summed E-state index contributed by atoms with van der Waals surface area (Å²) < 4.78 is 32.2. The van der Waals surface area contributed by atoms with Crippen LogP contribution in [0.5, 0.6) is 0 Å². The van der Waals surface area contributed by atoms with E-state index in [9.17, 15) is 13.2 Å². The van der Waals surface area contributed by atoms with Crippen LogP contribution in [0.1, 0.15) is 30.0 Å². The van der Waals surface area contributed by atoms with Gasteiger partial charge in [0, 0.05) is 18.7 Å². The standard InChI is InChI=1S/C19H27N3O4S/c1-19(2,14-22(3)4)13-20-18(23)15-7-9-17(10-8-15)27(24,25)21-12-16-6-5-11-26-16/h5-11,21H,12-14H2,1-4H3,(H,20,23). The van der Waals surface area contributed by atoms with Crippen LogP contribution in [0.2, 0.25) is 0 Å². The predicted octanol–water partition coefficient (Wildman–Crippen LogP) is 2.08. The largest absolute Gasteiger partial charge is 0.468 e. The topological polar surface area (TPSA) is 91.7 Å². The SMILES string of the molecule is CN(C)CC(C)(C)CNC(=O)c1ccc(S(=O)(=O)NCc2ccco2)cc1. The lowest BCUT2D eigenvalue weighted by molar-refractivity contribution is 0.0929. The maximum Gasteiger partial charge on any atom is 0.251 e. The summed E-state index contributed by atoms with van der Waals surface area (Å²) in [5, 5.41) is 2.90. The second kappa shape index (κ2) is 8.69. The quantitative estimate of drug-likeness (QED) is 0.681. The van der Waals surface area contributed by atoms with E-state index in [1.54, 1.807) is 12.1 Å². The van der Waals surface area contributed by atoms with E-state index >= 15 is 0 Å². The Kier molecular flexibility index (Phi) is 6.80. The van der Waals surface area contributed by atoms with Crippen molar-refractivity contribution in [3.8, 4) is 0 Å². The van der Waals surface area contributed by atoms with Crippen LogP contribution in [0.4, 0.5) is 0 Å². The van der Waals surface area contributed by atoms with Gasteiger partial charge in [0.05, 0.1) is 17.7 Å². The van der Waals surface area contributed by atoms with E-state index in [1.807, 2.05) is 14.1 Å². The summed E-state index contributed by atoms with van der Waals surface area (Å²) in [6, 6.07) is 9.24. The Hall–Kier alpha value is -2.16. The molecule has 2 N–H and O–H groups in total. The third-order valence-electron chi connectivity index (χ3n) is 3.92. The van der Waals surface area contributed by atoms with Crippen LogP contribution < -0.4 is 10.0 Å². The highest BCUT2D eigenvalue weighted by Gasteiger charge is 2.20. The van der Waals surface area contributed by atoms with Crippen molar-refractivity contribution >= 4 is 15.9 Å². The van der Waals surface area contributed by atoms with E-state index in [2.05, 4.69) is 28.8 Å². The van der Waals surface area contributed by atoms with Gasteiger partial charge in [0.25, 0.3) is 5.91 Å². The Morgan fingerprint density at radius 2 is 1.81 bits per heavy atom. The number of hydrogen-bond donors (Lipinski definition) is 2. The normalized spacial score (nSPS) is 12.3. The zero-order chi connectivity index (χ0) is 20.1.